The van der Waals surface area contributed by atoms with Crippen LogP contribution in [-0.2, 0) is 19.7 Å². The molecule has 0 heterocycles. The van der Waals surface area contributed by atoms with Gasteiger partial charge in [0.15, 0.2) is 0 Å². The van der Waals surface area contributed by atoms with E-state index in [1.807, 2.05) is 0 Å². The van der Waals surface area contributed by atoms with Crippen LogP contribution in [0.1, 0.15) is 13.8 Å². The molecule has 0 aliphatic rings. The van der Waals surface area contributed by atoms with Crippen molar-refractivity contribution in [3.8, 4) is 0 Å². The molecule has 0 aromatic rings. The maximum absolute atomic E-state index is 11.3. The Labute approximate surface area is 106 Å². The summed E-state index contributed by atoms with van der Waals surface area (Å²) in [5.74, 6) is 0.339. The van der Waals surface area contributed by atoms with E-state index in [2.05, 4.69) is 9.46 Å². The molecule has 0 aliphatic heterocycles. The highest BCUT2D eigenvalue weighted by Crippen LogP contribution is 1.89. The van der Waals surface area contributed by atoms with Gasteiger partial charge in [-0.25, -0.2) is 9.52 Å². The third kappa shape index (κ3) is 10.3. The van der Waals surface area contributed by atoms with Gasteiger partial charge >= 0.3 is 16.3 Å². The molecule has 0 saturated heterocycles. The quantitative estimate of drug-likeness (QED) is 0.492. The van der Waals surface area contributed by atoms with Crippen LogP contribution >= 0.6 is 11.6 Å². The van der Waals surface area contributed by atoms with E-state index in [4.69, 9.17) is 16.3 Å². The monoisotopic (exact) mass is 288 g/mol. The SMILES string of the molecule is CC(C)OC(=O)NS(=O)(=O)NCCOCCCl. The summed E-state index contributed by atoms with van der Waals surface area (Å²) in [5.41, 5.74) is 0. The maximum Gasteiger partial charge on any atom is 0.422 e. The molecule has 0 unspecified atom stereocenters. The minimum atomic E-state index is -3.90. The zero-order valence-corrected chi connectivity index (χ0v) is 11.3. The molecule has 0 aliphatic carbocycles. The van der Waals surface area contributed by atoms with Crippen LogP contribution in [0.4, 0.5) is 4.79 Å². The number of hydrogen-bond acceptors (Lipinski definition) is 5. The molecule has 0 spiro atoms. The maximum atomic E-state index is 11.3. The normalized spacial score (nSPS) is 11.5. The van der Waals surface area contributed by atoms with E-state index < -0.39 is 22.4 Å². The van der Waals surface area contributed by atoms with Gasteiger partial charge in [-0.15, -0.1) is 11.6 Å². The number of amides is 1. The molecule has 0 saturated carbocycles. The highest BCUT2D eigenvalue weighted by atomic mass is 35.5. The van der Waals surface area contributed by atoms with Crippen molar-refractivity contribution in [2.45, 2.75) is 20.0 Å². The van der Waals surface area contributed by atoms with Gasteiger partial charge in [-0.1, -0.05) is 0 Å². The zero-order valence-electron chi connectivity index (χ0n) is 9.73. The third-order valence-electron chi connectivity index (χ3n) is 1.32. The smallest absolute Gasteiger partial charge is 0.422 e. The Bertz CT molecular complexity index is 320. The fraction of sp³-hybridized carbons (Fsp3) is 0.875. The number of halogens is 1. The van der Waals surface area contributed by atoms with Crippen LogP contribution in [0.15, 0.2) is 0 Å². The topological polar surface area (TPSA) is 93.7 Å². The summed E-state index contributed by atoms with van der Waals surface area (Å²) >= 11 is 5.35. The van der Waals surface area contributed by atoms with Crippen LogP contribution in [0.2, 0.25) is 0 Å². The van der Waals surface area contributed by atoms with E-state index in [0.29, 0.717) is 12.5 Å². The van der Waals surface area contributed by atoms with Crippen molar-refractivity contribution < 1.29 is 22.7 Å². The summed E-state index contributed by atoms with van der Waals surface area (Å²) in [5, 5.41) is 0. The molecule has 0 aromatic carbocycles. The Balaban J connectivity index is 3.84. The number of alkyl halides is 1. The van der Waals surface area contributed by atoms with Crippen molar-refractivity contribution in [3.05, 3.63) is 0 Å². The molecular weight excluding hydrogens is 272 g/mol. The van der Waals surface area contributed by atoms with E-state index in [1.54, 1.807) is 18.6 Å². The van der Waals surface area contributed by atoms with Crippen LogP contribution in [0.5, 0.6) is 0 Å². The van der Waals surface area contributed by atoms with Gasteiger partial charge in [0.1, 0.15) is 0 Å². The van der Waals surface area contributed by atoms with Crippen LogP contribution in [0.25, 0.3) is 0 Å². The van der Waals surface area contributed by atoms with Crippen LogP contribution in [-0.4, -0.2) is 46.3 Å². The number of rotatable bonds is 8. The minimum absolute atomic E-state index is 0.0428. The second-order valence-electron chi connectivity index (χ2n) is 3.26. The molecule has 2 N–H and O–H groups in total. The molecule has 7 nitrogen and oxygen atoms in total. The summed E-state index contributed by atoms with van der Waals surface area (Å²) in [7, 11) is -3.90. The number of ether oxygens (including phenoxy) is 2. The molecule has 0 fully saturated rings. The summed E-state index contributed by atoms with van der Waals surface area (Å²) in [6.07, 6.45) is -1.41. The van der Waals surface area contributed by atoms with Gasteiger partial charge < -0.3 is 9.47 Å². The summed E-state index contributed by atoms with van der Waals surface area (Å²) in [4.78, 5) is 11.0. The number of carbonyl (C=O) groups is 1. The molecule has 0 radical (unpaired) electrons. The first-order valence-corrected chi connectivity index (χ1v) is 7.01. The fourth-order valence-corrected chi connectivity index (χ4v) is 1.59. The lowest BCUT2D eigenvalue weighted by Crippen LogP contribution is -2.42. The predicted molar refractivity (Wildman–Crippen MR) is 63.2 cm³/mol. The van der Waals surface area contributed by atoms with Crippen molar-refractivity contribution in [1.82, 2.24) is 9.44 Å². The summed E-state index contributed by atoms with van der Waals surface area (Å²) in [6.45, 7) is 3.78. The van der Waals surface area contributed by atoms with Crippen molar-refractivity contribution in [1.29, 1.82) is 0 Å². The number of hydrogen-bond donors (Lipinski definition) is 2. The van der Waals surface area contributed by atoms with Crippen molar-refractivity contribution in [2.24, 2.45) is 0 Å². The van der Waals surface area contributed by atoms with E-state index in [0.717, 1.165) is 0 Å². The first kappa shape index (κ1) is 16.4. The molecule has 0 aromatic heterocycles. The summed E-state index contributed by atoms with van der Waals surface area (Å²) < 4.78 is 35.9. The Morgan fingerprint density at radius 2 is 2.00 bits per heavy atom. The number of carbonyl (C=O) groups excluding carboxylic acids is 1. The molecule has 1 amide bonds. The molecular formula is C8H17ClN2O5S. The first-order chi connectivity index (χ1) is 7.87. The van der Waals surface area contributed by atoms with Gasteiger partial charge in [0.2, 0.25) is 0 Å². The van der Waals surface area contributed by atoms with Crippen LogP contribution < -0.4 is 9.44 Å². The second kappa shape index (κ2) is 8.51. The van der Waals surface area contributed by atoms with Gasteiger partial charge in [-0.05, 0) is 13.8 Å². The Morgan fingerprint density at radius 3 is 2.53 bits per heavy atom. The highest BCUT2D eigenvalue weighted by molar-refractivity contribution is 7.88. The fourth-order valence-electron chi connectivity index (χ4n) is 0.789. The van der Waals surface area contributed by atoms with E-state index in [-0.39, 0.29) is 13.2 Å². The van der Waals surface area contributed by atoms with Gasteiger partial charge in [0, 0.05) is 12.4 Å². The Morgan fingerprint density at radius 1 is 1.35 bits per heavy atom. The molecule has 102 valence electrons. The van der Waals surface area contributed by atoms with E-state index in [9.17, 15) is 13.2 Å². The zero-order chi connectivity index (χ0) is 13.3. The van der Waals surface area contributed by atoms with Gasteiger partial charge in [-0.2, -0.15) is 13.1 Å². The standard InChI is InChI=1S/C8H17ClN2O5S/c1-7(2)16-8(12)11-17(13,14)10-4-6-15-5-3-9/h7,10H,3-6H2,1-2H3,(H,11,12). The third-order valence-corrected chi connectivity index (χ3v) is 2.49. The molecule has 17 heavy (non-hydrogen) atoms. The lowest BCUT2D eigenvalue weighted by molar-refractivity contribution is 0.121. The lowest BCUT2D eigenvalue weighted by Gasteiger charge is -2.10. The number of nitrogens with one attached hydrogen (secondary N) is 2. The van der Waals surface area contributed by atoms with Crippen LogP contribution in [0, 0.1) is 0 Å². The second-order valence-corrected chi connectivity index (χ2v) is 5.13. The molecule has 0 bridgehead atoms. The van der Waals surface area contributed by atoms with Crippen molar-refractivity contribution in [3.63, 3.8) is 0 Å². The predicted octanol–water partition coefficient (Wildman–Crippen LogP) is 0.211. The highest BCUT2D eigenvalue weighted by Gasteiger charge is 2.15. The van der Waals surface area contributed by atoms with Crippen LogP contribution in [0.3, 0.4) is 0 Å². The lowest BCUT2D eigenvalue weighted by atomic mass is 10.5. The Hall–Kier alpha value is -0.570. The van der Waals surface area contributed by atoms with Crippen molar-refractivity contribution >= 4 is 27.9 Å². The Kier molecular flexibility index (Phi) is 8.23. The molecule has 9 heteroatoms. The van der Waals surface area contributed by atoms with Gasteiger partial charge in [-0.3, -0.25) is 0 Å². The van der Waals surface area contributed by atoms with Gasteiger partial charge in [0.25, 0.3) is 0 Å². The molecule has 0 rings (SSSR count). The van der Waals surface area contributed by atoms with Crippen molar-refractivity contribution in [2.75, 3.05) is 25.6 Å². The van der Waals surface area contributed by atoms with E-state index in [1.165, 1.54) is 0 Å². The largest absolute Gasteiger partial charge is 0.446 e. The average molecular weight is 289 g/mol. The molecule has 0 atom stereocenters. The summed E-state index contributed by atoms with van der Waals surface area (Å²) in [6, 6.07) is 0. The van der Waals surface area contributed by atoms with Gasteiger partial charge in [0.05, 0.1) is 19.3 Å². The average Bonchev–Trinajstić information content (AvgIpc) is 2.14. The minimum Gasteiger partial charge on any atom is -0.446 e. The first-order valence-electron chi connectivity index (χ1n) is 4.99. The van der Waals surface area contributed by atoms with E-state index >= 15 is 0 Å².